The van der Waals surface area contributed by atoms with E-state index >= 15 is 0 Å². The Kier molecular flexibility index (Phi) is 7.42. The van der Waals surface area contributed by atoms with Crippen LogP contribution in [-0.2, 0) is 11.2 Å². The maximum atomic E-state index is 12.8. The summed E-state index contributed by atoms with van der Waals surface area (Å²) < 4.78 is 6.79. The average molecular weight is 499 g/mol. The van der Waals surface area contributed by atoms with Crippen LogP contribution in [0, 0.1) is 6.92 Å². The van der Waals surface area contributed by atoms with Gasteiger partial charge in [0.2, 0.25) is 5.16 Å². The molecule has 0 aliphatic heterocycles. The number of aryl methyl sites for hydroxylation is 2. The van der Waals surface area contributed by atoms with Gasteiger partial charge in [-0.05, 0) is 67.3 Å². The van der Waals surface area contributed by atoms with Gasteiger partial charge in [0.1, 0.15) is 15.5 Å². The van der Waals surface area contributed by atoms with Gasteiger partial charge < -0.3 is 9.72 Å². The molecule has 4 rings (SSSR count). The predicted octanol–water partition coefficient (Wildman–Crippen LogP) is 4.64. The summed E-state index contributed by atoms with van der Waals surface area (Å²) in [7, 11) is 0. The van der Waals surface area contributed by atoms with Crippen molar-refractivity contribution in [3.63, 3.8) is 0 Å². The summed E-state index contributed by atoms with van der Waals surface area (Å²) in [4.78, 5) is 33.5. The molecule has 1 N–H and O–H groups in total. The summed E-state index contributed by atoms with van der Waals surface area (Å²) >= 11 is 2.56. The lowest BCUT2D eigenvalue weighted by atomic mass is 10.1. The Labute approximate surface area is 204 Å². The van der Waals surface area contributed by atoms with Crippen molar-refractivity contribution in [3.8, 4) is 5.69 Å². The molecule has 1 atom stereocenters. The van der Waals surface area contributed by atoms with Gasteiger partial charge in [0.05, 0.1) is 22.9 Å². The smallest absolute Gasteiger partial charge is 0.348 e. The third kappa shape index (κ3) is 4.90. The zero-order chi connectivity index (χ0) is 24.2. The van der Waals surface area contributed by atoms with Gasteiger partial charge in [-0.1, -0.05) is 37.2 Å². The van der Waals surface area contributed by atoms with E-state index in [-0.39, 0.29) is 17.4 Å². The maximum absolute atomic E-state index is 12.8. The number of carbonyl (C=O) groups excluding carboxylic acids is 1. The van der Waals surface area contributed by atoms with E-state index in [1.165, 1.54) is 28.7 Å². The van der Waals surface area contributed by atoms with Gasteiger partial charge in [-0.15, -0.1) is 16.4 Å². The predicted molar refractivity (Wildman–Crippen MR) is 133 cm³/mol. The molecule has 0 amide bonds. The second-order valence-electron chi connectivity index (χ2n) is 7.81. The summed E-state index contributed by atoms with van der Waals surface area (Å²) in [6.45, 7) is 7.86. The monoisotopic (exact) mass is 498 g/mol. The molecule has 0 spiro atoms. The molecule has 0 aliphatic rings. The van der Waals surface area contributed by atoms with E-state index in [0.717, 1.165) is 24.9 Å². The molecular weight excluding hydrogens is 472 g/mol. The number of rotatable bonds is 9. The van der Waals surface area contributed by atoms with Crippen molar-refractivity contribution < 1.29 is 9.53 Å². The number of carbonyl (C=O) groups is 1. The van der Waals surface area contributed by atoms with E-state index in [1.807, 2.05) is 19.1 Å². The van der Waals surface area contributed by atoms with Crippen molar-refractivity contribution in [2.75, 3.05) is 6.61 Å². The van der Waals surface area contributed by atoms with Crippen molar-refractivity contribution in [1.29, 1.82) is 0 Å². The topological polar surface area (TPSA) is 116 Å². The number of nitrogens with one attached hydrogen (secondary N) is 1. The molecular formula is C23H26N6O3S2. The second kappa shape index (κ2) is 10.5. The van der Waals surface area contributed by atoms with E-state index in [2.05, 4.69) is 44.5 Å². The van der Waals surface area contributed by atoms with E-state index in [1.54, 1.807) is 18.5 Å². The van der Waals surface area contributed by atoms with Gasteiger partial charge in [0.15, 0.2) is 0 Å². The van der Waals surface area contributed by atoms with Crippen LogP contribution in [0.25, 0.3) is 15.9 Å². The Morgan fingerprint density at radius 2 is 2.03 bits per heavy atom. The lowest BCUT2D eigenvalue weighted by molar-refractivity contribution is 0.0531. The Hall–Kier alpha value is -3.05. The highest BCUT2D eigenvalue weighted by Gasteiger charge is 2.22. The molecule has 11 heteroatoms. The number of fused-ring (bicyclic) bond motifs is 1. The van der Waals surface area contributed by atoms with Crippen LogP contribution in [0.5, 0.6) is 0 Å². The average Bonchev–Trinajstić information content (AvgIpc) is 3.42. The largest absolute Gasteiger partial charge is 0.462 e. The lowest BCUT2D eigenvalue weighted by Crippen LogP contribution is -2.13. The summed E-state index contributed by atoms with van der Waals surface area (Å²) in [5.74, 6) is 0.0508. The maximum Gasteiger partial charge on any atom is 0.348 e. The number of benzene rings is 1. The highest BCUT2D eigenvalue weighted by atomic mass is 32.2. The zero-order valence-electron chi connectivity index (χ0n) is 19.5. The number of thioether (sulfide) groups is 1. The molecule has 0 saturated carbocycles. The molecule has 9 nitrogen and oxygen atoms in total. The van der Waals surface area contributed by atoms with Crippen LogP contribution in [0.4, 0.5) is 0 Å². The number of thiophene rings is 1. The van der Waals surface area contributed by atoms with E-state index in [4.69, 9.17) is 4.74 Å². The van der Waals surface area contributed by atoms with Gasteiger partial charge in [-0.2, -0.15) is 4.68 Å². The number of aromatic amines is 1. The molecule has 0 radical (unpaired) electrons. The van der Waals surface area contributed by atoms with Crippen LogP contribution in [0.3, 0.4) is 0 Å². The molecule has 0 bridgehead atoms. The summed E-state index contributed by atoms with van der Waals surface area (Å²) in [6.07, 6.45) is 3.36. The van der Waals surface area contributed by atoms with E-state index in [9.17, 15) is 9.59 Å². The minimum Gasteiger partial charge on any atom is -0.462 e. The molecule has 0 aliphatic carbocycles. The molecule has 1 aromatic carbocycles. The Morgan fingerprint density at radius 1 is 1.26 bits per heavy atom. The minimum atomic E-state index is -0.439. The first-order valence-electron chi connectivity index (χ1n) is 11.2. The van der Waals surface area contributed by atoms with Gasteiger partial charge in [-0.25, -0.2) is 9.78 Å². The summed E-state index contributed by atoms with van der Waals surface area (Å²) in [6, 6.07) is 8.21. The molecule has 4 aromatic rings. The Morgan fingerprint density at radius 3 is 2.74 bits per heavy atom. The SMILES string of the molecule is CCCCc1ccc(-n2nnnc2SC(C)c2nc3sc(C(=O)OCC)c(C)c3c(=O)[nH]2)cc1. The molecule has 34 heavy (non-hydrogen) atoms. The number of aromatic nitrogens is 6. The Balaban J connectivity index is 1.58. The number of nitrogens with zero attached hydrogens (tertiary/aromatic N) is 5. The molecule has 0 fully saturated rings. The van der Waals surface area contributed by atoms with Gasteiger partial charge in [-0.3, -0.25) is 4.79 Å². The normalized spacial score (nSPS) is 12.2. The second-order valence-corrected chi connectivity index (χ2v) is 10.1. The fourth-order valence-corrected chi connectivity index (χ4v) is 5.51. The van der Waals surface area contributed by atoms with Gasteiger partial charge in [0, 0.05) is 0 Å². The number of hydrogen-bond donors (Lipinski definition) is 1. The van der Waals surface area contributed by atoms with Crippen molar-refractivity contribution in [2.45, 2.75) is 57.4 Å². The van der Waals surface area contributed by atoms with Crippen LogP contribution in [-0.4, -0.2) is 42.8 Å². The fourth-order valence-electron chi connectivity index (χ4n) is 3.56. The minimum absolute atomic E-state index is 0.237. The van der Waals surface area contributed by atoms with Gasteiger partial charge >= 0.3 is 5.97 Å². The van der Waals surface area contributed by atoms with Gasteiger partial charge in [0.25, 0.3) is 5.56 Å². The highest BCUT2D eigenvalue weighted by molar-refractivity contribution is 7.99. The summed E-state index contributed by atoms with van der Waals surface area (Å²) in [5.41, 5.74) is 2.46. The number of unbranched alkanes of at least 4 members (excludes halogenated alkanes) is 1. The fraction of sp³-hybridized carbons (Fsp3) is 0.391. The van der Waals surface area contributed by atoms with E-state index < -0.39 is 5.97 Å². The highest BCUT2D eigenvalue weighted by Crippen LogP contribution is 2.34. The van der Waals surface area contributed by atoms with Crippen LogP contribution in [0.1, 0.15) is 65.5 Å². The quantitative estimate of drug-likeness (QED) is 0.262. The van der Waals surface area contributed by atoms with Crippen molar-refractivity contribution in [2.24, 2.45) is 0 Å². The van der Waals surface area contributed by atoms with Crippen molar-refractivity contribution in [3.05, 3.63) is 56.4 Å². The molecule has 178 valence electrons. The number of H-pyrrole nitrogens is 1. The van der Waals surface area contributed by atoms with Crippen LogP contribution >= 0.6 is 23.1 Å². The first-order valence-corrected chi connectivity index (χ1v) is 12.9. The lowest BCUT2D eigenvalue weighted by Gasteiger charge is -2.11. The zero-order valence-corrected chi connectivity index (χ0v) is 21.1. The number of ether oxygens (including phenoxy) is 1. The van der Waals surface area contributed by atoms with Crippen molar-refractivity contribution >= 4 is 39.3 Å². The van der Waals surface area contributed by atoms with Crippen LogP contribution in [0.15, 0.2) is 34.2 Å². The number of esters is 1. The number of hydrogen-bond acceptors (Lipinski definition) is 9. The molecule has 0 saturated heterocycles. The molecule has 3 heterocycles. The van der Waals surface area contributed by atoms with Crippen molar-refractivity contribution in [1.82, 2.24) is 30.2 Å². The third-order valence-electron chi connectivity index (χ3n) is 5.39. The van der Waals surface area contributed by atoms with Crippen LogP contribution < -0.4 is 5.56 Å². The molecule has 1 unspecified atom stereocenters. The van der Waals surface area contributed by atoms with Crippen LogP contribution in [0.2, 0.25) is 0 Å². The summed E-state index contributed by atoms with van der Waals surface area (Å²) in [5, 5.41) is 12.9. The Bertz CT molecular complexity index is 1360. The first-order chi connectivity index (χ1) is 16.4. The first kappa shape index (κ1) is 24.1. The number of tetrazole rings is 1. The standard InChI is InChI=1S/C23H26N6O3S2/c1-5-7-8-15-9-11-16(12-10-15)29-23(26-27-28-29)33-14(4)19-24-20(30)17-13(3)18(22(31)32-6-2)34-21(17)25-19/h9-12,14H,5-8H2,1-4H3,(H,24,25,30). The van der Waals surface area contributed by atoms with E-state index in [0.29, 0.717) is 31.6 Å². The molecule has 3 aromatic heterocycles. The third-order valence-corrected chi connectivity index (χ3v) is 7.60.